The molecule has 112 valence electrons. The van der Waals surface area contributed by atoms with Gasteiger partial charge in [-0.2, -0.15) is 0 Å². The fraction of sp³-hybridized carbons (Fsp3) is 0.688. The van der Waals surface area contributed by atoms with E-state index in [1.807, 2.05) is 12.2 Å². The molecule has 1 saturated heterocycles. The maximum Gasteiger partial charge on any atom is 0.308 e. The molecular formula is C16H19NO4. The zero-order valence-corrected chi connectivity index (χ0v) is 11.8. The van der Waals surface area contributed by atoms with E-state index in [-0.39, 0.29) is 35.5 Å². The third-order valence-corrected chi connectivity index (χ3v) is 6.00. The highest BCUT2D eigenvalue weighted by atomic mass is 16.4. The molecule has 3 fully saturated rings. The van der Waals surface area contributed by atoms with E-state index < -0.39 is 17.9 Å². The van der Waals surface area contributed by atoms with Gasteiger partial charge < -0.3 is 5.11 Å². The van der Waals surface area contributed by atoms with Crippen LogP contribution in [0.3, 0.4) is 0 Å². The second-order valence-electron chi connectivity index (χ2n) is 6.89. The summed E-state index contributed by atoms with van der Waals surface area (Å²) in [5, 5.41) is 9.54. The molecular weight excluding hydrogens is 270 g/mol. The van der Waals surface area contributed by atoms with Crippen molar-refractivity contribution in [1.29, 1.82) is 0 Å². The summed E-state index contributed by atoms with van der Waals surface area (Å²) in [6, 6.07) is -0.396. The van der Waals surface area contributed by atoms with Gasteiger partial charge in [0, 0.05) is 0 Å². The summed E-state index contributed by atoms with van der Waals surface area (Å²) in [7, 11) is 0. The van der Waals surface area contributed by atoms with Gasteiger partial charge in [0.1, 0.15) is 0 Å². The van der Waals surface area contributed by atoms with Gasteiger partial charge in [-0.1, -0.05) is 12.2 Å². The molecule has 1 N–H and O–H groups in total. The number of amides is 2. The van der Waals surface area contributed by atoms with Gasteiger partial charge in [-0.3, -0.25) is 19.3 Å². The third kappa shape index (κ3) is 1.66. The predicted octanol–water partition coefficient (Wildman–Crippen LogP) is 1.44. The average Bonchev–Trinajstić information content (AvgIpc) is 3.13. The van der Waals surface area contributed by atoms with Crippen molar-refractivity contribution < 1.29 is 19.5 Å². The number of carboxylic acids is 1. The van der Waals surface area contributed by atoms with Crippen LogP contribution in [0.4, 0.5) is 0 Å². The lowest BCUT2D eigenvalue weighted by Crippen LogP contribution is -2.50. The van der Waals surface area contributed by atoms with Crippen LogP contribution in [-0.2, 0) is 14.4 Å². The highest BCUT2D eigenvalue weighted by molar-refractivity contribution is 6.06. The number of carbonyl (C=O) groups excluding carboxylic acids is 2. The van der Waals surface area contributed by atoms with Crippen molar-refractivity contribution in [2.24, 2.45) is 29.6 Å². The predicted molar refractivity (Wildman–Crippen MR) is 73.0 cm³/mol. The van der Waals surface area contributed by atoms with Crippen molar-refractivity contribution in [2.75, 3.05) is 0 Å². The maximum atomic E-state index is 12.7. The van der Waals surface area contributed by atoms with E-state index in [1.54, 1.807) is 0 Å². The van der Waals surface area contributed by atoms with Gasteiger partial charge >= 0.3 is 5.97 Å². The Morgan fingerprint density at radius 2 is 1.62 bits per heavy atom. The van der Waals surface area contributed by atoms with Crippen molar-refractivity contribution in [3.8, 4) is 0 Å². The number of nitrogens with zero attached hydrogens (tertiary/aromatic N) is 1. The number of hydrogen-bond acceptors (Lipinski definition) is 3. The summed E-state index contributed by atoms with van der Waals surface area (Å²) in [5.41, 5.74) is 0. The fourth-order valence-corrected chi connectivity index (χ4v) is 5.10. The van der Waals surface area contributed by atoms with E-state index in [4.69, 9.17) is 0 Å². The molecule has 0 aromatic heterocycles. The number of fused-ring (bicyclic) bond motifs is 3. The highest BCUT2D eigenvalue weighted by Gasteiger charge is 2.59. The molecule has 1 aliphatic heterocycles. The monoisotopic (exact) mass is 289 g/mol. The molecule has 4 rings (SSSR count). The van der Waals surface area contributed by atoms with Crippen LogP contribution < -0.4 is 0 Å². The molecule has 1 heterocycles. The van der Waals surface area contributed by atoms with Crippen LogP contribution >= 0.6 is 0 Å². The second kappa shape index (κ2) is 4.42. The molecule has 5 heteroatoms. The number of aliphatic carboxylic acids is 1. The van der Waals surface area contributed by atoms with E-state index in [1.165, 1.54) is 4.90 Å². The zero-order chi connectivity index (χ0) is 14.7. The number of likely N-dealkylation sites (tertiary alicyclic amines) is 1. The van der Waals surface area contributed by atoms with E-state index in [9.17, 15) is 19.5 Å². The topological polar surface area (TPSA) is 74.7 Å². The molecule has 2 bridgehead atoms. The van der Waals surface area contributed by atoms with Crippen molar-refractivity contribution >= 4 is 17.8 Å². The van der Waals surface area contributed by atoms with Crippen molar-refractivity contribution in [2.45, 2.75) is 38.1 Å². The van der Waals surface area contributed by atoms with E-state index in [0.717, 1.165) is 19.3 Å². The Kier molecular flexibility index (Phi) is 2.75. The fourth-order valence-electron chi connectivity index (χ4n) is 5.10. The Balaban J connectivity index is 1.68. The lowest BCUT2D eigenvalue weighted by Gasteiger charge is -2.34. The van der Waals surface area contributed by atoms with Gasteiger partial charge in [-0.25, -0.2) is 0 Å². The quantitative estimate of drug-likeness (QED) is 0.616. The average molecular weight is 289 g/mol. The van der Waals surface area contributed by atoms with Crippen molar-refractivity contribution in [3.05, 3.63) is 12.2 Å². The highest BCUT2D eigenvalue weighted by Crippen LogP contribution is 2.52. The first-order valence-electron chi connectivity index (χ1n) is 7.84. The van der Waals surface area contributed by atoms with Crippen LogP contribution in [-0.4, -0.2) is 33.8 Å². The second-order valence-corrected chi connectivity index (χ2v) is 6.89. The molecule has 4 unspecified atom stereocenters. The van der Waals surface area contributed by atoms with Crippen LogP contribution in [0.5, 0.6) is 0 Å². The molecule has 4 aliphatic rings. The number of imide groups is 1. The number of rotatable bonds is 2. The standard InChI is InChI=1S/C16H19NO4/c18-14-10-3-1-2-4-11(10)15(19)17(14)13-9-6-5-8(7-9)12(13)16(20)21/h1-2,8-13H,3-7H2,(H,20,21)/t8?,9?,10-,11+,12?,13?. The minimum Gasteiger partial charge on any atom is -0.481 e. The minimum absolute atomic E-state index is 0.127. The first-order chi connectivity index (χ1) is 10.1. The molecule has 0 aromatic rings. The van der Waals surface area contributed by atoms with Crippen LogP contribution in [0.1, 0.15) is 32.1 Å². The van der Waals surface area contributed by atoms with Gasteiger partial charge in [0.25, 0.3) is 0 Å². The third-order valence-electron chi connectivity index (χ3n) is 6.00. The van der Waals surface area contributed by atoms with Gasteiger partial charge in [-0.05, 0) is 43.9 Å². The Morgan fingerprint density at radius 3 is 2.19 bits per heavy atom. The molecule has 5 nitrogen and oxygen atoms in total. The Bertz CT molecular complexity index is 528. The molecule has 0 aromatic carbocycles. The lowest BCUT2D eigenvalue weighted by atomic mass is 9.83. The van der Waals surface area contributed by atoms with Crippen molar-refractivity contribution in [1.82, 2.24) is 4.90 Å². The Morgan fingerprint density at radius 1 is 1.05 bits per heavy atom. The number of allylic oxidation sites excluding steroid dienone is 2. The van der Waals surface area contributed by atoms with Crippen LogP contribution in [0.25, 0.3) is 0 Å². The molecule has 3 aliphatic carbocycles. The number of carboxylic acid groups (broad SMARTS) is 1. The van der Waals surface area contributed by atoms with Crippen molar-refractivity contribution in [3.63, 3.8) is 0 Å². The summed E-state index contributed by atoms with van der Waals surface area (Å²) in [5.74, 6) is -1.83. The van der Waals surface area contributed by atoms with E-state index in [2.05, 4.69) is 0 Å². The Hall–Kier alpha value is -1.65. The summed E-state index contributed by atoms with van der Waals surface area (Å²) >= 11 is 0. The molecule has 21 heavy (non-hydrogen) atoms. The summed E-state index contributed by atoms with van der Waals surface area (Å²) in [6.45, 7) is 0. The first kappa shape index (κ1) is 13.0. The SMILES string of the molecule is O=C(O)C1C2CCC(C2)C1N1C(=O)[C@H]2CC=CC[C@H]2C1=O. The zero-order valence-electron chi connectivity index (χ0n) is 11.8. The minimum atomic E-state index is -0.846. The largest absolute Gasteiger partial charge is 0.481 e. The maximum absolute atomic E-state index is 12.7. The number of hydrogen-bond donors (Lipinski definition) is 1. The first-order valence-corrected chi connectivity index (χ1v) is 7.84. The summed E-state index contributed by atoms with van der Waals surface area (Å²) in [6.07, 6.45) is 7.88. The van der Waals surface area contributed by atoms with Crippen LogP contribution in [0, 0.1) is 29.6 Å². The smallest absolute Gasteiger partial charge is 0.308 e. The summed E-state index contributed by atoms with van der Waals surface area (Å²) < 4.78 is 0. The summed E-state index contributed by atoms with van der Waals surface area (Å²) in [4.78, 5) is 38.3. The Labute approximate surface area is 123 Å². The molecule has 2 saturated carbocycles. The van der Waals surface area contributed by atoms with Crippen LogP contribution in [0.15, 0.2) is 12.2 Å². The van der Waals surface area contributed by atoms with Crippen LogP contribution in [0.2, 0.25) is 0 Å². The van der Waals surface area contributed by atoms with Gasteiger partial charge in [0.05, 0.1) is 23.8 Å². The molecule has 6 atom stereocenters. The molecule has 0 spiro atoms. The van der Waals surface area contributed by atoms with E-state index in [0.29, 0.717) is 12.8 Å². The molecule has 0 radical (unpaired) electrons. The van der Waals surface area contributed by atoms with Gasteiger partial charge in [0.2, 0.25) is 11.8 Å². The normalized spacial score (nSPS) is 44.5. The van der Waals surface area contributed by atoms with Gasteiger partial charge in [0.15, 0.2) is 0 Å². The van der Waals surface area contributed by atoms with Gasteiger partial charge in [-0.15, -0.1) is 0 Å². The molecule has 2 amide bonds. The van der Waals surface area contributed by atoms with E-state index >= 15 is 0 Å². The number of carbonyl (C=O) groups is 3. The lowest BCUT2D eigenvalue weighted by molar-refractivity contribution is -0.152.